The molecule has 0 amide bonds. The number of aromatic nitrogens is 2. The number of pyridine rings is 1. The van der Waals surface area contributed by atoms with Crippen LogP contribution in [0.15, 0.2) is 47.2 Å². The lowest BCUT2D eigenvalue weighted by atomic mass is 10.0. The van der Waals surface area contributed by atoms with E-state index in [1.165, 1.54) is 74.1 Å². The number of likely N-dealkylation sites (tertiary alicyclic amines) is 2. The number of rotatable bonds is 5. The Hall–Kier alpha value is -3.01. The van der Waals surface area contributed by atoms with Gasteiger partial charge in [-0.25, -0.2) is 4.98 Å². The second-order valence-electron chi connectivity index (χ2n) is 8.68. The molecule has 2 fully saturated rings. The minimum absolute atomic E-state index is 0.250. The van der Waals surface area contributed by atoms with Crippen molar-refractivity contribution in [3.8, 4) is 10.9 Å². The van der Waals surface area contributed by atoms with E-state index in [1.54, 1.807) is 6.20 Å². The summed E-state index contributed by atoms with van der Waals surface area (Å²) >= 11 is 1.50. The van der Waals surface area contributed by atoms with Crippen LogP contribution < -0.4 is 4.74 Å². The lowest BCUT2D eigenvalue weighted by Gasteiger charge is -2.36. The second kappa shape index (κ2) is 10.5. The first-order valence-electron chi connectivity index (χ1n) is 11.7. The molecular formula is C25H28N4O4S. The highest BCUT2D eigenvalue weighted by Crippen LogP contribution is 2.33. The van der Waals surface area contributed by atoms with Crippen LogP contribution in [-0.4, -0.2) is 63.6 Å². The molecule has 8 nitrogen and oxygen atoms in total. The van der Waals surface area contributed by atoms with Gasteiger partial charge in [-0.15, -0.1) is 0 Å². The number of benzene rings is 1. The highest BCUT2D eigenvalue weighted by molar-refractivity contribution is 7.20. The average molecular weight is 481 g/mol. The Labute approximate surface area is 201 Å². The van der Waals surface area contributed by atoms with Crippen molar-refractivity contribution in [3.63, 3.8) is 0 Å². The van der Waals surface area contributed by atoms with Crippen molar-refractivity contribution >= 4 is 39.1 Å². The Morgan fingerprint density at radius 3 is 2.74 bits per heavy atom. The Morgan fingerprint density at radius 2 is 1.97 bits per heavy atom. The summed E-state index contributed by atoms with van der Waals surface area (Å²) < 4.78 is 12.9. The Kier molecular flexibility index (Phi) is 7.03. The molecule has 2 aliphatic heterocycles. The van der Waals surface area contributed by atoms with Gasteiger partial charge in [-0.2, -0.15) is 4.98 Å². The van der Waals surface area contributed by atoms with Crippen LogP contribution in [0.1, 0.15) is 31.2 Å². The molecule has 0 aliphatic carbocycles. The maximum absolute atomic E-state index is 8.36. The normalized spacial score (nSPS) is 17.6. The van der Waals surface area contributed by atoms with E-state index < -0.39 is 0 Å². The molecule has 1 aromatic carbocycles. The molecule has 2 saturated heterocycles. The fraction of sp³-hybridized carbons (Fsp3) is 0.400. The van der Waals surface area contributed by atoms with Crippen LogP contribution in [0.3, 0.4) is 0 Å². The molecule has 0 bridgehead atoms. The lowest BCUT2D eigenvalue weighted by Crippen LogP contribution is -2.43. The molecule has 1 N–H and O–H groups in total. The second-order valence-corrected chi connectivity index (χ2v) is 9.67. The van der Waals surface area contributed by atoms with Gasteiger partial charge in [0.1, 0.15) is 11.3 Å². The zero-order valence-electron chi connectivity index (χ0n) is 18.9. The third-order valence-electron chi connectivity index (χ3n) is 6.59. The molecular weight excluding hydrogens is 452 g/mol. The number of carbonyl (C=O) groups is 1. The molecule has 5 heterocycles. The number of furan rings is 1. The van der Waals surface area contributed by atoms with Gasteiger partial charge in [0.25, 0.3) is 11.7 Å². The molecule has 178 valence electrons. The van der Waals surface area contributed by atoms with Gasteiger partial charge in [-0.05, 0) is 76.1 Å². The van der Waals surface area contributed by atoms with Crippen LogP contribution in [0.2, 0.25) is 0 Å². The van der Waals surface area contributed by atoms with Gasteiger partial charge >= 0.3 is 0 Å². The minimum atomic E-state index is -0.250. The highest BCUT2D eigenvalue weighted by atomic mass is 32.1. The molecule has 6 rings (SSSR count). The summed E-state index contributed by atoms with van der Waals surface area (Å²) in [6.07, 6.45) is 8.97. The first-order chi connectivity index (χ1) is 16.7. The van der Waals surface area contributed by atoms with Crippen LogP contribution in [-0.2, 0) is 11.3 Å². The maximum Gasteiger partial charge on any atom is 0.290 e. The van der Waals surface area contributed by atoms with Gasteiger partial charge in [0, 0.05) is 35.8 Å². The summed E-state index contributed by atoms with van der Waals surface area (Å²) in [4.78, 5) is 22.4. The van der Waals surface area contributed by atoms with Gasteiger partial charge in [-0.1, -0.05) is 11.3 Å². The average Bonchev–Trinajstić information content (AvgIpc) is 3.60. The summed E-state index contributed by atoms with van der Waals surface area (Å²) in [5.41, 5.74) is 2.83. The third-order valence-corrected chi connectivity index (χ3v) is 7.47. The lowest BCUT2D eigenvalue weighted by molar-refractivity contribution is -0.122. The summed E-state index contributed by atoms with van der Waals surface area (Å²) in [5, 5.41) is 8.65. The van der Waals surface area contributed by atoms with E-state index in [0.29, 0.717) is 5.19 Å². The number of nitrogens with zero attached hydrogens (tertiary/aromatic N) is 4. The topological polar surface area (TPSA) is 91.9 Å². The van der Waals surface area contributed by atoms with Crippen LogP contribution >= 0.6 is 11.3 Å². The SMILES string of the molecule is O=CO.c1cnc2nc(Oc3ccc4c(CN5CCC(N6CCCC6)CC5)coc4c3)sc2c1. The molecule has 9 heteroatoms. The van der Waals surface area contributed by atoms with Crippen molar-refractivity contribution in [1.29, 1.82) is 0 Å². The smallest absolute Gasteiger partial charge is 0.290 e. The van der Waals surface area contributed by atoms with Gasteiger partial charge in [0.15, 0.2) is 5.65 Å². The molecule has 2 aliphatic rings. The largest absolute Gasteiger partial charge is 0.483 e. The number of ether oxygens (including phenoxy) is 1. The number of piperidine rings is 1. The van der Waals surface area contributed by atoms with E-state index >= 15 is 0 Å². The predicted molar refractivity (Wildman–Crippen MR) is 132 cm³/mol. The molecule has 0 radical (unpaired) electrons. The van der Waals surface area contributed by atoms with Crippen LogP contribution in [0, 0.1) is 0 Å². The van der Waals surface area contributed by atoms with Gasteiger partial charge in [0.2, 0.25) is 0 Å². The molecule has 0 atom stereocenters. The first-order valence-corrected chi connectivity index (χ1v) is 12.5. The number of carboxylic acid groups (broad SMARTS) is 1. The van der Waals surface area contributed by atoms with E-state index in [2.05, 4.69) is 25.8 Å². The Balaban J connectivity index is 0.000000764. The zero-order valence-corrected chi connectivity index (χ0v) is 19.7. The predicted octanol–water partition coefficient (Wildman–Crippen LogP) is 4.99. The highest BCUT2D eigenvalue weighted by Gasteiger charge is 2.26. The van der Waals surface area contributed by atoms with Crippen molar-refractivity contribution in [2.75, 3.05) is 26.2 Å². The van der Waals surface area contributed by atoms with Crippen molar-refractivity contribution in [1.82, 2.24) is 19.8 Å². The summed E-state index contributed by atoms with van der Waals surface area (Å²) in [7, 11) is 0. The van der Waals surface area contributed by atoms with Gasteiger partial charge in [-0.3, -0.25) is 9.69 Å². The van der Waals surface area contributed by atoms with Crippen molar-refractivity contribution < 1.29 is 19.1 Å². The molecule has 34 heavy (non-hydrogen) atoms. The molecule has 0 unspecified atom stereocenters. The monoisotopic (exact) mass is 480 g/mol. The fourth-order valence-corrected chi connectivity index (χ4v) is 5.73. The molecule has 4 aromatic rings. The van der Waals surface area contributed by atoms with Crippen molar-refractivity contribution in [2.24, 2.45) is 0 Å². The Bertz CT molecular complexity index is 1210. The van der Waals surface area contributed by atoms with E-state index in [0.717, 1.165) is 34.3 Å². The van der Waals surface area contributed by atoms with E-state index in [-0.39, 0.29) is 6.47 Å². The Morgan fingerprint density at radius 1 is 1.18 bits per heavy atom. The van der Waals surface area contributed by atoms with Crippen molar-refractivity contribution in [2.45, 2.75) is 38.3 Å². The first kappa shape index (κ1) is 22.8. The van der Waals surface area contributed by atoms with Crippen LogP contribution in [0.4, 0.5) is 0 Å². The molecule has 3 aromatic heterocycles. The number of hydrogen-bond donors (Lipinski definition) is 1. The zero-order chi connectivity index (χ0) is 23.3. The quantitative estimate of drug-likeness (QED) is 0.400. The third kappa shape index (κ3) is 5.06. The number of hydrogen-bond acceptors (Lipinski definition) is 8. The van der Waals surface area contributed by atoms with Gasteiger partial charge < -0.3 is 19.2 Å². The van der Waals surface area contributed by atoms with Crippen LogP contribution in [0.25, 0.3) is 21.3 Å². The maximum atomic E-state index is 8.36. The summed E-state index contributed by atoms with van der Waals surface area (Å²) in [6.45, 7) is 5.63. The van der Waals surface area contributed by atoms with Crippen molar-refractivity contribution in [3.05, 3.63) is 48.4 Å². The minimum Gasteiger partial charge on any atom is -0.483 e. The van der Waals surface area contributed by atoms with Gasteiger partial charge in [0.05, 0.1) is 11.0 Å². The van der Waals surface area contributed by atoms with E-state index in [9.17, 15) is 0 Å². The summed E-state index contributed by atoms with van der Waals surface area (Å²) in [6, 6.07) is 10.8. The van der Waals surface area contributed by atoms with E-state index in [4.69, 9.17) is 19.1 Å². The van der Waals surface area contributed by atoms with E-state index in [1.807, 2.05) is 30.5 Å². The molecule has 0 spiro atoms. The van der Waals surface area contributed by atoms with Crippen LogP contribution in [0.5, 0.6) is 10.9 Å². The standard InChI is InChI=1S/C24H26N4O2S.CH2O2/c1-2-11-28(10-1)18-7-12-27(13-8-18)15-17-16-29-21-14-19(5-6-20(17)21)30-24-26-23-22(31-24)4-3-9-25-23;2-1-3/h3-6,9,14,16,18H,1-2,7-8,10-13,15H2;1H,(H,2,3). The summed E-state index contributed by atoms with van der Waals surface area (Å²) in [5.74, 6) is 0.735. The number of thiazole rings is 1. The molecule has 0 saturated carbocycles. The fourth-order valence-electron chi connectivity index (χ4n) is 4.93. The number of fused-ring (bicyclic) bond motifs is 2.